The molecule has 1 aromatic rings. The molecule has 1 amide bonds. The molecule has 2 atom stereocenters. The molecule has 1 aliphatic heterocycles. The van der Waals surface area contributed by atoms with Crippen molar-refractivity contribution in [2.75, 3.05) is 6.54 Å². The summed E-state index contributed by atoms with van der Waals surface area (Å²) in [6.07, 6.45) is -0.275. The van der Waals surface area contributed by atoms with Gasteiger partial charge in [-0.05, 0) is 25.0 Å². The molecule has 0 bridgehead atoms. The molecule has 7 heteroatoms. The van der Waals surface area contributed by atoms with Gasteiger partial charge in [0, 0.05) is 12.6 Å². The number of hydrogen-bond donors (Lipinski definition) is 3. The first-order chi connectivity index (χ1) is 9.47. The van der Waals surface area contributed by atoms with E-state index in [0.717, 1.165) is 12.1 Å². The van der Waals surface area contributed by atoms with E-state index < -0.39 is 29.5 Å². The summed E-state index contributed by atoms with van der Waals surface area (Å²) in [5.41, 5.74) is -0.0424. The highest BCUT2D eigenvalue weighted by molar-refractivity contribution is 5.96. The molecule has 2 rings (SSSR count). The average Bonchev–Trinajstić information content (AvgIpc) is 2.85. The van der Waals surface area contributed by atoms with E-state index in [2.05, 4.69) is 5.32 Å². The van der Waals surface area contributed by atoms with Gasteiger partial charge in [0.25, 0.3) is 5.91 Å². The van der Waals surface area contributed by atoms with E-state index in [1.807, 2.05) is 0 Å². The van der Waals surface area contributed by atoms with Crippen molar-refractivity contribution in [2.24, 2.45) is 0 Å². The summed E-state index contributed by atoms with van der Waals surface area (Å²) < 4.78 is 18.0. The van der Waals surface area contributed by atoms with Gasteiger partial charge in [0.15, 0.2) is 6.10 Å². The third-order valence-corrected chi connectivity index (χ3v) is 3.08. The summed E-state index contributed by atoms with van der Waals surface area (Å²) in [6.45, 7) is 0.138. The number of hydrogen-bond acceptors (Lipinski definition) is 4. The SMILES string of the molecule is O=C(NCC1CCC(C(=O)O)O1)c1ccc(F)cc1O. The number of amides is 1. The Morgan fingerprint density at radius 3 is 2.75 bits per heavy atom. The minimum absolute atomic E-state index is 0.0424. The number of rotatable bonds is 4. The molecule has 108 valence electrons. The van der Waals surface area contributed by atoms with E-state index >= 15 is 0 Å². The molecule has 1 aromatic carbocycles. The number of carbonyl (C=O) groups is 2. The first-order valence-electron chi connectivity index (χ1n) is 6.12. The minimum Gasteiger partial charge on any atom is -0.507 e. The van der Waals surface area contributed by atoms with Gasteiger partial charge in [-0.1, -0.05) is 0 Å². The van der Waals surface area contributed by atoms with Crippen molar-refractivity contribution in [3.63, 3.8) is 0 Å². The summed E-state index contributed by atoms with van der Waals surface area (Å²) in [6, 6.07) is 3.10. The van der Waals surface area contributed by atoms with Crippen LogP contribution in [-0.4, -0.2) is 40.8 Å². The van der Waals surface area contributed by atoms with Gasteiger partial charge in [0.1, 0.15) is 11.6 Å². The highest BCUT2D eigenvalue weighted by Gasteiger charge is 2.30. The molecular weight excluding hydrogens is 269 g/mol. The number of aromatic hydroxyl groups is 1. The lowest BCUT2D eigenvalue weighted by atomic mass is 10.1. The van der Waals surface area contributed by atoms with E-state index in [1.165, 1.54) is 6.07 Å². The molecule has 3 N–H and O–H groups in total. The second-order valence-electron chi connectivity index (χ2n) is 4.53. The van der Waals surface area contributed by atoms with Gasteiger partial charge in [0.05, 0.1) is 11.7 Å². The standard InChI is InChI=1S/C13H14FNO5/c14-7-1-3-9(10(16)5-7)12(17)15-6-8-2-4-11(20-8)13(18)19/h1,3,5,8,11,16H,2,4,6H2,(H,15,17)(H,18,19). The molecule has 1 saturated heterocycles. The van der Waals surface area contributed by atoms with Crippen molar-refractivity contribution in [1.29, 1.82) is 0 Å². The van der Waals surface area contributed by atoms with Gasteiger partial charge in [-0.15, -0.1) is 0 Å². The van der Waals surface area contributed by atoms with Crippen LogP contribution in [0.4, 0.5) is 4.39 Å². The molecule has 0 spiro atoms. The van der Waals surface area contributed by atoms with Gasteiger partial charge >= 0.3 is 5.97 Å². The van der Waals surface area contributed by atoms with Gasteiger partial charge in [-0.2, -0.15) is 0 Å². The number of nitrogens with one attached hydrogen (secondary N) is 1. The number of carboxylic acid groups (broad SMARTS) is 1. The lowest BCUT2D eigenvalue weighted by Crippen LogP contribution is -2.33. The van der Waals surface area contributed by atoms with Crippen LogP contribution < -0.4 is 5.32 Å². The zero-order valence-electron chi connectivity index (χ0n) is 10.5. The zero-order chi connectivity index (χ0) is 14.7. The van der Waals surface area contributed by atoms with Gasteiger partial charge in [-0.3, -0.25) is 4.79 Å². The summed E-state index contributed by atoms with van der Waals surface area (Å²) in [5, 5.41) is 20.7. The van der Waals surface area contributed by atoms with E-state index in [1.54, 1.807) is 0 Å². The zero-order valence-corrected chi connectivity index (χ0v) is 10.5. The first-order valence-corrected chi connectivity index (χ1v) is 6.12. The number of aliphatic carboxylic acids is 1. The Kier molecular flexibility index (Phi) is 4.19. The molecule has 0 saturated carbocycles. The molecule has 6 nitrogen and oxygen atoms in total. The third kappa shape index (κ3) is 3.24. The Morgan fingerprint density at radius 2 is 2.15 bits per heavy atom. The highest BCUT2D eigenvalue weighted by atomic mass is 19.1. The Hall–Kier alpha value is -2.15. The van der Waals surface area contributed by atoms with Crippen molar-refractivity contribution in [2.45, 2.75) is 25.0 Å². The number of carbonyl (C=O) groups excluding carboxylic acids is 1. The Morgan fingerprint density at radius 1 is 1.40 bits per heavy atom. The van der Waals surface area contributed by atoms with Crippen molar-refractivity contribution in [1.82, 2.24) is 5.32 Å². The largest absolute Gasteiger partial charge is 0.507 e. The van der Waals surface area contributed by atoms with Gasteiger partial charge in [-0.25, -0.2) is 9.18 Å². The lowest BCUT2D eigenvalue weighted by molar-refractivity contribution is -0.149. The molecule has 2 unspecified atom stereocenters. The van der Waals surface area contributed by atoms with E-state index in [4.69, 9.17) is 9.84 Å². The van der Waals surface area contributed by atoms with Crippen molar-refractivity contribution < 1.29 is 28.9 Å². The van der Waals surface area contributed by atoms with Crippen molar-refractivity contribution in [3.8, 4) is 5.75 Å². The van der Waals surface area contributed by atoms with Crippen LogP contribution in [0.2, 0.25) is 0 Å². The fourth-order valence-electron chi connectivity index (χ4n) is 2.04. The predicted molar refractivity (Wildman–Crippen MR) is 65.9 cm³/mol. The van der Waals surface area contributed by atoms with Crippen LogP contribution in [0, 0.1) is 5.82 Å². The van der Waals surface area contributed by atoms with Crippen LogP contribution in [0.3, 0.4) is 0 Å². The van der Waals surface area contributed by atoms with E-state index in [-0.39, 0.29) is 18.2 Å². The molecule has 0 radical (unpaired) electrons. The number of halogens is 1. The lowest BCUT2D eigenvalue weighted by Gasteiger charge is -2.12. The first kappa shape index (κ1) is 14.3. The molecule has 1 heterocycles. The molecule has 1 aliphatic rings. The second-order valence-corrected chi connectivity index (χ2v) is 4.53. The van der Waals surface area contributed by atoms with Crippen molar-refractivity contribution >= 4 is 11.9 Å². The number of phenolic OH excluding ortho intramolecular Hbond substituents is 1. The van der Waals surface area contributed by atoms with Crippen LogP contribution in [0.1, 0.15) is 23.2 Å². The second kappa shape index (κ2) is 5.87. The average molecular weight is 283 g/mol. The van der Waals surface area contributed by atoms with Crippen LogP contribution in [0.15, 0.2) is 18.2 Å². The fraction of sp³-hybridized carbons (Fsp3) is 0.385. The maximum absolute atomic E-state index is 12.8. The van der Waals surface area contributed by atoms with Crippen LogP contribution >= 0.6 is 0 Å². The molecule has 20 heavy (non-hydrogen) atoms. The maximum atomic E-state index is 12.8. The van der Waals surface area contributed by atoms with Crippen molar-refractivity contribution in [3.05, 3.63) is 29.6 Å². The minimum atomic E-state index is -1.02. The Bertz CT molecular complexity index is 533. The Labute approximate surface area is 114 Å². The Balaban J connectivity index is 1.88. The summed E-state index contributed by atoms with van der Waals surface area (Å²) >= 11 is 0. The van der Waals surface area contributed by atoms with Crippen LogP contribution in [-0.2, 0) is 9.53 Å². The highest BCUT2D eigenvalue weighted by Crippen LogP contribution is 2.20. The number of phenols is 1. The molecular formula is C13H14FNO5. The monoisotopic (exact) mass is 283 g/mol. The fourth-order valence-corrected chi connectivity index (χ4v) is 2.04. The quantitative estimate of drug-likeness (QED) is 0.762. The summed E-state index contributed by atoms with van der Waals surface area (Å²) in [5.74, 6) is -2.67. The van der Waals surface area contributed by atoms with E-state index in [0.29, 0.717) is 12.8 Å². The number of ether oxygens (including phenoxy) is 1. The smallest absolute Gasteiger partial charge is 0.332 e. The normalized spacial score (nSPS) is 21.6. The molecule has 1 fully saturated rings. The number of benzene rings is 1. The predicted octanol–water partition coefficient (Wildman–Crippen LogP) is 0.893. The van der Waals surface area contributed by atoms with Crippen LogP contribution in [0.5, 0.6) is 5.75 Å². The van der Waals surface area contributed by atoms with Crippen LogP contribution in [0.25, 0.3) is 0 Å². The topological polar surface area (TPSA) is 95.9 Å². The van der Waals surface area contributed by atoms with E-state index in [9.17, 15) is 19.1 Å². The maximum Gasteiger partial charge on any atom is 0.332 e. The van der Waals surface area contributed by atoms with Gasteiger partial charge < -0.3 is 20.3 Å². The molecule has 0 aliphatic carbocycles. The molecule has 0 aromatic heterocycles. The summed E-state index contributed by atoms with van der Waals surface area (Å²) in [4.78, 5) is 22.5. The number of carboxylic acids is 1. The third-order valence-electron chi connectivity index (χ3n) is 3.08. The van der Waals surface area contributed by atoms with Gasteiger partial charge in [0.2, 0.25) is 0 Å². The summed E-state index contributed by atoms with van der Waals surface area (Å²) in [7, 11) is 0.